The maximum atomic E-state index is 10.1. The number of rotatable bonds is 3. The molecule has 0 saturated carbocycles. The molecule has 1 aromatic heterocycles. The Hall–Kier alpha value is -0.870. The van der Waals surface area contributed by atoms with Gasteiger partial charge in [-0.1, -0.05) is 13.8 Å². The van der Waals surface area contributed by atoms with Crippen LogP contribution in [0.5, 0.6) is 0 Å². The number of hydrogen-bond acceptors (Lipinski definition) is 3. The summed E-state index contributed by atoms with van der Waals surface area (Å²) < 4.78 is 1.91. The van der Waals surface area contributed by atoms with Gasteiger partial charge in [0, 0.05) is 25.8 Å². The molecule has 1 saturated heterocycles. The Morgan fingerprint density at radius 3 is 2.86 bits per heavy atom. The third kappa shape index (κ3) is 1.55. The van der Waals surface area contributed by atoms with Crippen LogP contribution in [-0.4, -0.2) is 28.0 Å². The lowest BCUT2D eigenvalue weighted by Crippen LogP contribution is -2.57. The highest BCUT2D eigenvalue weighted by molar-refractivity contribution is 5.17. The normalized spacial score (nSPS) is 19.7. The van der Waals surface area contributed by atoms with E-state index in [0.29, 0.717) is 19.0 Å². The minimum absolute atomic E-state index is 0.547. The maximum absolute atomic E-state index is 10.1. The predicted octanol–water partition coefficient (Wildman–Crippen LogP) is 0.330. The van der Waals surface area contributed by atoms with Crippen LogP contribution in [0.15, 0.2) is 12.3 Å². The van der Waals surface area contributed by atoms with Gasteiger partial charge in [-0.05, 0) is 12.0 Å². The lowest BCUT2D eigenvalue weighted by atomic mass is 9.93. The fraction of sp³-hybridized carbons (Fsp3) is 0.700. The number of aromatic nitrogens is 2. The molecule has 1 fully saturated rings. The first-order chi connectivity index (χ1) is 6.62. The van der Waals surface area contributed by atoms with Crippen LogP contribution in [0, 0.1) is 5.92 Å². The first kappa shape index (κ1) is 9.68. The van der Waals surface area contributed by atoms with Gasteiger partial charge in [0.25, 0.3) is 0 Å². The zero-order chi connectivity index (χ0) is 10.2. The van der Waals surface area contributed by atoms with E-state index in [0.717, 1.165) is 12.2 Å². The van der Waals surface area contributed by atoms with Crippen molar-refractivity contribution in [3.8, 4) is 0 Å². The van der Waals surface area contributed by atoms with Gasteiger partial charge in [0.1, 0.15) is 5.60 Å². The third-order valence-electron chi connectivity index (χ3n) is 2.57. The molecule has 2 N–H and O–H groups in total. The second-order valence-electron chi connectivity index (χ2n) is 4.43. The lowest BCUT2D eigenvalue weighted by Gasteiger charge is -2.37. The first-order valence-electron chi connectivity index (χ1n) is 5.07. The highest BCUT2D eigenvalue weighted by Gasteiger charge is 2.38. The SMILES string of the molecule is CC(C)Cn1nccc1C1(O)CNC1. The van der Waals surface area contributed by atoms with Gasteiger partial charge in [0.2, 0.25) is 0 Å². The van der Waals surface area contributed by atoms with Crippen molar-refractivity contribution in [2.75, 3.05) is 13.1 Å². The molecule has 0 amide bonds. The highest BCUT2D eigenvalue weighted by Crippen LogP contribution is 2.25. The van der Waals surface area contributed by atoms with Crippen LogP contribution >= 0.6 is 0 Å². The van der Waals surface area contributed by atoms with Gasteiger partial charge in [-0.3, -0.25) is 4.68 Å². The molecule has 2 heterocycles. The molecule has 0 aliphatic carbocycles. The van der Waals surface area contributed by atoms with Gasteiger partial charge in [-0.25, -0.2) is 0 Å². The summed E-state index contributed by atoms with van der Waals surface area (Å²) in [6.45, 7) is 6.43. The van der Waals surface area contributed by atoms with Crippen molar-refractivity contribution in [2.45, 2.75) is 26.0 Å². The smallest absolute Gasteiger partial charge is 0.131 e. The number of hydrogen-bond donors (Lipinski definition) is 2. The molecule has 78 valence electrons. The van der Waals surface area contributed by atoms with Crippen LogP contribution < -0.4 is 5.32 Å². The Labute approximate surface area is 83.9 Å². The third-order valence-corrected chi connectivity index (χ3v) is 2.57. The Balaban J connectivity index is 2.21. The Morgan fingerprint density at radius 1 is 1.64 bits per heavy atom. The zero-order valence-corrected chi connectivity index (χ0v) is 8.70. The van der Waals surface area contributed by atoms with E-state index in [1.807, 2.05) is 10.7 Å². The highest BCUT2D eigenvalue weighted by atomic mass is 16.3. The van der Waals surface area contributed by atoms with E-state index in [1.54, 1.807) is 6.20 Å². The monoisotopic (exact) mass is 195 g/mol. The molecule has 4 nitrogen and oxygen atoms in total. The van der Waals surface area contributed by atoms with Crippen molar-refractivity contribution >= 4 is 0 Å². The van der Waals surface area contributed by atoms with Crippen LogP contribution in [0.25, 0.3) is 0 Å². The molecule has 1 aliphatic heterocycles. The molecule has 4 heteroatoms. The van der Waals surface area contributed by atoms with Gasteiger partial charge in [-0.2, -0.15) is 5.10 Å². The van der Waals surface area contributed by atoms with E-state index in [4.69, 9.17) is 0 Å². The van der Waals surface area contributed by atoms with Crippen LogP contribution in [0.4, 0.5) is 0 Å². The summed E-state index contributed by atoms with van der Waals surface area (Å²) >= 11 is 0. The number of β-amino-alcohol motifs (C(OH)–C–C–N with tert-alkyl or cyclic N) is 1. The van der Waals surface area contributed by atoms with Crippen molar-refractivity contribution in [3.05, 3.63) is 18.0 Å². The maximum Gasteiger partial charge on any atom is 0.131 e. The van der Waals surface area contributed by atoms with Crippen molar-refractivity contribution < 1.29 is 5.11 Å². The first-order valence-corrected chi connectivity index (χ1v) is 5.07. The van der Waals surface area contributed by atoms with Crippen molar-refractivity contribution in [1.82, 2.24) is 15.1 Å². The van der Waals surface area contributed by atoms with E-state index in [1.165, 1.54) is 0 Å². The van der Waals surface area contributed by atoms with E-state index < -0.39 is 5.60 Å². The molecule has 2 rings (SSSR count). The quantitative estimate of drug-likeness (QED) is 0.730. The molecule has 1 aliphatic rings. The fourth-order valence-corrected chi connectivity index (χ4v) is 1.76. The molecule has 14 heavy (non-hydrogen) atoms. The van der Waals surface area contributed by atoms with Crippen LogP contribution in [-0.2, 0) is 12.1 Å². The number of nitrogens with one attached hydrogen (secondary N) is 1. The molecule has 0 aromatic carbocycles. The summed E-state index contributed by atoms with van der Waals surface area (Å²) in [6, 6.07) is 1.91. The minimum atomic E-state index is -0.689. The molecule has 0 atom stereocenters. The fourth-order valence-electron chi connectivity index (χ4n) is 1.76. The topological polar surface area (TPSA) is 50.1 Å². The molecular weight excluding hydrogens is 178 g/mol. The largest absolute Gasteiger partial charge is 0.381 e. The van der Waals surface area contributed by atoms with Crippen LogP contribution in [0.1, 0.15) is 19.5 Å². The summed E-state index contributed by atoms with van der Waals surface area (Å²) in [7, 11) is 0. The Kier molecular flexibility index (Phi) is 2.33. The van der Waals surface area contributed by atoms with Crippen molar-refractivity contribution in [1.29, 1.82) is 0 Å². The van der Waals surface area contributed by atoms with Crippen LogP contribution in [0.2, 0.25) is 0 Å². The average molecular weight is 195 g/mol. The number of nitrogens with zero attached hydrogens (tertiary/aromatic N) is 2. The Bertz CT molecular complexity index is 315. The average Bonchev–Trinajstić information content (AvgIpc) is 2.47. The summed E-state index contributed by atoms with van der Waals surface area (Å²) in [5.74, 6) is 0.547. The van der Waals surface area contributed by atoms with Gasteiger partial charge in [0.05, 0.1) is 5.69 Å². The lowest BCUT2D eigenvalue weighted by molar-refractivity contribution is -0.0230. The van der Waals surface area contributed by atoms with Gasteiger partial charge >= 0.3 is 0 Å². The van der Waals surface area contributed by atoms with E-state index >= 15 is 0 Å². The van der Waals surface area contributed by atoms with E-state index in [9.17, 15) is 5.11 Å². The van der Waals surface area contributed by atoms with E-state index in [2.05, 4.69) is 24.3 Å². The summed E-state index contributed by atoms with van der Waals surface area (Å²) in [4.78, 5) is 0. The molecule has 0 unspecified atom stereocenters. The summed E-state index contributed by atoms with van der Waals surface area (Å²) in [5.41, 5.74) is 0.246. The second-order valence-corrected chi connectivity index (χ2v) is 4.43. The standard InChI is InChI=1S/C10H17N3O/c1-8(2)5-13-9(3-4-12-13)10(14)6-11-7-10/h3-4,8,11,14H,5-7H2,1-2H3. The number of aliphatic hydroxyl groups is 1. The molecule has 0 bridgehead atoms. The van der Waals surface area contributed by atoms with Gasteiger partial charge < -0.3 is 10.4 Å². The molecular formula is C10H17N3O. The predicted molar refractivity (Wildman–Crippen MR) is 53.8 cm³/mol. The Morgan fingerprint density at radius 2 is 2.36 bits per heavy atom. The molecule has 0 spiro atoms. The van der Waals surface area contributed by atoms with Crippen molar-refractivity contribution in [3.63, 3.8) is 0 Å². The zero-order valence-electron chi connectivity index (χ0n) is 8.70. The van der Waals surface area contributed by atoms with E-state index in [-0.39, 0.29) is 0 Å². The molecule has 1 aromatic rings. The second kappa shape index (κ2) is 3.37. The summed E-state index contributed by atoms with van der Waals surface area (Å²) in [6.07, 6.45) is 1.76. The van der Waals surface area contributed by atoms with Gasteiger partial charge in [0.15, 0.2) is 0 Å². The van der Waals surface area contributed by atoms with Crippen LogP contribution in [0.3, 0.4) is 0 Å². The molecule has 0 radical (unpaired) electrons. The van der Waals surface area contributed by atoms with Gasteiger partial charge in [-0.15, -0.1) is 0 Å². The minimum Gasteiger partial charge on any atom is -0.381 e. The van der Waals surface area contributed by atoms with Crippen molar-refractivity contribution in [2.24, 2.45) is 5.92 Å². The summed E-state index contributed by atoms with van der Waals surface area (Å²) in [5, 5.41) is 17.5.